The molecule has 374 valence electrons. The molecule has 0 aliphatic carbocycles. The average Bonchev–Trinajstić information content (AvgIpc) is 4.36. The van der Waals surface area contributed by atoms with E-state index in [1.807, 2.05) is 78.9 Å². The lowest BCUT2D eigenvalue weighted by molar-refractivity contribution is 1.16. The minimum absolute atomic E-state index is 0.401. The predicted molar refractivity (Wildman–Crippen MR) is 329 cm³/mol. The highest BCUT2D eigenvalue weighted by Crippen LogP contribution is 2.41. The van der Waals surface area contributed by atoms with Gasteiger partial charge in [-0.2, -0.15) is 5.26 Å². The third-order valence-corrected chi connectivity index (χ3v) is 15.8. The average molecular weight is 1030 g/mol. The van der Waals surface area contributed by atoms with Gasteiger partial charge in [0.05, 0.1) is 69.3 Å². The van der Waals surface area contributed by atoms with Crippen molar-refractivity contribution in [3.8, 4) is 79.3 Å². The molecule has 8 nitrogen and oxygen atoms in total. The van der Waals surface area contributed by atoms with Crippen LogP contribution in [0.1, 0.15) is 5.56 Å². The molecule has 0 atom stereocenters. The van der Waals surface area contributed by atoms with Crippen LogP contribution in [-0.2, 0) is 0 Å². The van der Waals surface area contributed by atoms with Gasteiger partial charge in [-0.25, -0.2) is 19.7 Å². The molecule has 0 bridgehead atoms. The van der Waals surface area contributed by atoms with E-state index >= 15 is 0 Å². The Labute approximate surface area is 465 Å². The Balaban J connectivity index is 0.803. The van der Waals surface area contributed by atoms with Crippen molar-refractivity contribution < 1.29 is 0 Å². The summed E-state index contributed by atoms with van der Waals surface area (Å²) in [4.78, 5) is 17.4. The van der Waals surface area contributed by atoms with Crippen LogP contribution in [0.25, 0.3) is 148 Å². The van der Waals surface area contributed by atoms with Crippen molar-refractivity contribution in [1.29, 1.82) is 5.26 Å². The molecular formula is C73H42N8. The molecule has 0 unspecified atom stereocenters. The summed E-state index contributed by atoms with van der Waals surface area (Å²) < 4.78 is 7.15. The van der Waals surface area contributed by atoms with Gasteiger partial charge in [-0.3, -0.25) is 0 Å². The van der Waals surface area contributed by atoms with E-state index in [-0.39, 0.29) is 0 Å². The van der Waals surface area contributed by atoms with Gasteiger partial charge in [-0.15, -0.1) is 0 Å². The van der Waals surface area contributed by atoms with Crippen LogP contribution < -0.4 is 0 Å². The summed E-state index contributed by atoms with van der Waals surface area (Å²) >= 11 is 0. The quantitative estimate of drug-likeness (QED) is 0.142. The largest absolute Gasteiger partial charge is 0.309 e. The molecular weight excluding hydrogens is 989 g/mol. The number of benzene rings is 11. The van der Waals surface area contributed by atoms with Crippen molar-refractivity contribution in [1.82, 2.24) is 23.7 Å². The van der Waals surface area contributed by atoms with E-state index in [9.17, 15) is 5.26 Å². The summed E-state index contributed by atoms with van der Waals surface area (Å²) in [6.45, 7) is 15.7. The highest BCUT2D eigenvalue weighted by Gasteiger charge is 2.21. The Morgan fingerprint density at radius 1 is 0.321 bits per heavy atom. The third kappa shape index (κ3) is 7.58. The SMILES string of the molecule is [C-]#[N+]c1ccccc1-c1cc(-c2ccc(-c3ccc(-c4ccc(-n5c6ccc(-n7c8ccccc8c8ccccc87)cc6c6cc(-n7c8ccccc8c8ccccc87)ccc65)cc4)cc3C#N)cc2)nc(-c2ccccc2[N+]#[C-])n1. The van der Waals surface area contributed by atoms with E-state index in [1.54, 1.807) is 12.1 Å². The fourth-order valence-corrected chi connectivity index (χ4v) is 12.1. The summed E-state index contributed by atoms with van der Waals surface area (Å²) in [6.07, 6.45) is 0. The number of hydrogen-bond donors (Lipinski definition) is 0. The molecule has 0 amide bonds. The molecule has 8 heteroatoms. The van der Waals surface area contributed by atoms with Crippen molar-refractivity contribution in [3.05, 3.63) is 283 Å². The summed E-state index contributed by atoms with van der Waals surface area (Å²) in [5.74, 6) is 0.401. The van der Waals surface area contributed by atoms with Crippen molar-refractivity contribution in [2.75, 3.05) is 0 Å². The number of rotatable bonds is 8. The number of hydrogen-bond acceptors (Lipinski definition) is 3. The molecule has 0 aliphatic rings. The highest BCUT2D eigenvalue weighted by atomic mass is 15.0. The van der Waals surface area contributed by atoms with E-state index in [2.05, 4.69) is 193 Å². The molecule has 0 saturated heterocycles. The molecule has 0 spiro atoms. The van der Waals surface area contributed by atoms with Crippen LogP contribution in [0.15, 0.2) is 255 Å². The Bertz CT molecular complexity index is 4860. The first-order valence-electron chi connectivity index (χ1n) is 26.7. The number of nitriles is 1. The van der Waals surface area contributed by atoms with Crippen LogP contribution in [0.2, 0.25) is 0 Å². The minimum Gasteiger partial charge on any atom is -0.309 e. The van der Waals surface area contributed by atoms with Gasteiger partial charge in [0.25, 0.3) is 0 Å². The second-order valence-corrected chi connectivity index (χ2v) is 20.2. The molecule has 0 N–H and O–H groups in total. The molecule has 4 aromatic heterocycles. The lowest BCUT2D eigenvalue weighted by Crippen LogP contribution is -1.96. The Morgan fingerprint density at radius 3 is 1.26 bits per heavy atom. The second kappa shape index (κ2) is 18.8. The van der Waals surface area contributed by atoms with Gasteiger partial charge in [0.15, 0.2) is 11.4 Å². The minimum atomic E-state index is 0.401. The lowest BCUT2D eigenvalue weighted by Gasteiger charge is -2.13. The van der Waals surface area contributed by atoms with Gasteiger partial charge in [-0.05, 0) is 107 Å². The first-order valence-corrected chi connectivity index (χ1v) is 26.7. The van der Waals surface area contributed by atoms with Crippen molar-refractivity contribution in [2.45, 2.75) is 0 Å². The summed E-state index contributed by atoms with van der Waals surface area (Å²) in [6, 6.07) is 90.1. The summed E-state index contributed by atoms with van der Waals surface area (Å²) in [5.41, 5.74) is 18.6. The van der Waals surface area contributed by atoms with E-state index in [1.165, 1.54) is 43.6 Å². The summed E-state index contributed by atoms with van der Waals surface area (Å²) in [7, 11) is 0. The molecule has 11 aromatic carbocycles. The third-order valence-electron chi connectivity index (χ3n) is 15.8. The van der Waals surface area contributed by atoms with Crippen LogP contribution in [0.4, 0.5) is 11.4 Å². The topological polar surface area (TPSA) is 73.1 Å². The first kappa shape index (κ1) is 46.7. The smallest absolute Gasteiger partial charge is 0.198 e. The van der Waals surface area contributed by atoms with Crippen molar-refractivity contribution in [2.24, 2.45) is 0 Å². The zero-order valence-corrected chi connectivity index (χ0v) is 43.3. The molecule has 0 radical (unpaired) electrons. The Kier molecular flexibility index (Phi) is 10.8. The van der Waals surface area contributed by atoms with Gasteiger partial charge in [0, 0.05) is 66.1 Å². The van der Waals surface area contributed by atoms with E-state index in [0.29, 0.717) is 45.3 Å². The maximum Gasteiger partial charge on any atom is 0.198 e. The van der Waals surface area contributed by atoms with Crippen LogP contribution in [0.3, 0.4) is 0 Å². The maximum atomic E-state index is 10.7. The molecule has 81 heavy (non-hydrogen) atoms. The molecule has 0 fully saturated rings. The zero-order valence-electron chi connectivity index (χ0n) is 43.3. The van der Waals surface area contributed by atoms with Gasteiger partial charge in [-0.1, -0.05) is 170 Å². The normalized spacial score (nSPS) is 11.4. The number of aromatic nitrogens is 5. The first-order chi connectivity index (χ1) is 40.0. The zero-order chi connectivity index (χ0) is 54.1. The molecule has 15 aromatic rings. The monoisotopic (exact) mass is 1030 g/mol. The Morgan fingerprint density at radius 2 is 0.728 bits per heavy atom. The van der Waals surface area contributed by atoms with Crippen molar-refractivity contribution in [3.63, 3.8) is 0 Å². The Hall–Kier alpha value is -11.6. The van der Waals surface area contributed by atoms with Gasteiger partial charge in [0.1, 0.15) is 5.82 Å². The predicted octanol–water partition coefficient (Wildman–Crippen LogP) is 19.1. The molecule has 15 rings (SSSR count). The number of nitrogens with zero attached hydrogens (tertiary/aromatic N) is 8. The molecule has 0 aliphatic heterocycles. The van der Waals surface area contributed by atoms with Gasteiger partial charge in [0.2, 0.25) is 0 Å². The number of fused-ring (bicyclic) bond motifs is 9. The van der Waals surface area contributed by atoms with Gasteiger partial charge >= 0.3 is 0 Å². The highest BCUT2D eigenvalue weighted by molar-refractivity contribution is 6.14. The fraction of sp³-hybridized carbons (Fsp3) is 0. The van der Waals surface area contributed by atoms with Crippen LogP contribution in [0.5, 0.6) is 0 Å². The number of para-hydroxylation sites is 6. The van der Waals surface area contributed by atoms with Crippen LogP contribution in [0, 0.1) is 24.5 Å². The van der Waals surface area contributed by atoms with E-state index < -0.39 is 0 Å². The maximum absolute atomic E-state index is 10.7. The van der Waals surface area contributed by atoms with Crippen LogP contribution in [-0.4, -0.2) is 23.7 Å². The van der Waals surface area contributed by atoms with E-state index in [0.717, 1.165) is 66.7 Å². The van der Waals surface area contributed by atoms with Crippen LogP contribution >= 0.6 is 0 Å². The lowest BCUT2D eigenvalue weighted by atomic mass is 9.94. The summed E-state index contributed by atoms with van der Waals surface area (Å²) in [5, 5.41) is 17.9. The van der Waals surface area contributed by atoms with E-state index in [4.69, 9.17) is 23.1 Å². The molecule has 4 heterocycles. The fourth-order valence-electron chi connectivity index (χ4n) is 12.1. The van der Waals surface area contributed by atoms with Gasteiger partial charge < -0.3 is 13.7 Å². The second-order valence-electron chi connectivity index (χ2n) is 20.2. The standard InChI is InChI=1S/C73H42N8/c1-75-63-21-9-3-19-59(63)66-44-65(77-73(78-66)60-20-4-10-22-64(60)76-2)48-29-27-47(28-30-48)54-38-33-49(41-50(54)45-74)46-31-34-51(35-32-46)79-71-39-36-52(80-67-23-11-5-15-55(67)56-16-6-12-24-68(56)80)42-61(71)62-43-53(37-40-72(62)79)81-69-25-13-7-17-57(69)58-18-8-14-26-70(58)81/h3-44H. The molecule has 0 saturated carbocycles. The van der Waals surface area contributed by atoms with Crippen molar-refractivity contribution >= 4 is 76.8 Å².